The molecule has 2 aliphatic heterocycles. The molecule has 0 aromatic heterocycles. The molecule has 1 amide bonds. The molecule has 2 heterocycles. The fourth-order valence-corrected chi connectivity index (χ4v) is 2.75. The number of hydrogen-bond donors (Lipinski definition) is 2. The molecule has 0 unspecified atom stereocenters. The van der Waals surface area contributed by atoms with E-state index in [1.165, 1.54) is 0 Å². The number of H-pyrrole nitrogens is 1. The minimum absolute atomic E-state index is 0.255. The van der Waals surface area contributed by atoms with Crippen molar-refractivity contribution in [3.8, 4) is 17.0 Å². The van der Waals surface area contributed by atoms with Gasteiger partial charge in [0.2, 0.25) is 0 Å². The van der Waals surface area contributed by atoms with Crippen LogP contribution in [0.5, 0.6) is 5.75 Å². The number of benzene rings is 1. The van der Waals surface area contributed by atoms with Crippen molar-refractivity contribution in [2.75, 3.05) is 13.7 Å². The lowest BCUT2D eigenvalue weighted by molar-refractivity contribution is 0.0953. The van der Waals surface area contributed by atoms with E-state index in [9.17, 15) is 9.59 Å². The molecule has 130 valence electrons. The minimum atomic E-state index is -0.291. The van der Waals surface area contributed by atoms with Crippen LogP contribution in [-0.2, 0) is 13.0 Å². The van der Waals surface area contributed by atoms with Crippen molar-refractivity contribution in [3.63, 3.8) is 0 Å². The van der Waals surface area contributed by atoms with E-state index in [-0.39, 0.29) is 11.5 Å². The number of ether oxygens (including phenoxy) is 1. The van der Waals surface area contributed by atoms with E-state index in [4.69, 9.17) is 4.74 Å². The Balaban J connectivity index is 1.75. The number of para-hydroxylation sites is 1. The molecule has 0 saturated heterocycles. The van der Waals surface area contributed by atoms with Crippen LogP contribution in [0.4, 0.5) is 0 Å². The molecular formula is C18H20N4O3. The lowest BCUT2D eigenvalue weighted by atomic mass is 10.1. The molecule has 0 bridgehead atoms. The van der Waals surface area contributed by atoms with E-state index in [1.54, 1.807) is 24.1 Å². The number of amides is 1. The second-order valence-corrected chi connectivity index (χ2v) is 5.64. The Morgan fingerprint density at radius 2 is 2.12 bits per heavy atom. The maximum atomic E-state index is 12.6. The summed E-state index contributed by atoms with van der Waals surface area (Å²) in [5, 5.41) is 9.27. The Bertz CT molecular complexity index is 913. The zero-order chi connectivity index (χ0) is 17.8. The summed E-state index contributed by atoms with van der Waals surface area (Å²) in [6.07, 6.45) is 4.06. The van der Waals surface area contributed by atoms with Gasteiger partial charge in [-0.3, -0.25) is 9.59 Å². The lowest BCUT2D eigenvalue weighted by Crippen LogP contribution is -2.27. The van der Waals surface area contributed by atoms with Gasteiger partial charge >= 0.3 is 0 Å². The third kappa shape index (κ3) is 3.40. The summed E-state index contributed by atoms with van der Waals surface area (Å²) in [5.74, 6) is 0.542. The van der Waals surface area contributed by atoms with Crippen molar-refractivity contribution < 1.29 is 9.53 Å². The second kappa shape index (κ2) is 7.21. The summed E-state index contributed by atoms with van der Waals surface area (Å²) < 4.78 is 7.11. The minimum Gasteiger partial charge on any atom is -0.496 e. The molecule has 1 aromatic carbocycles. The topological polar surface area (TPSA) is 89.0 Å². The zero-order valence-electron chi connectivity index (χ0n) is 14.2. The van der Waals surface area contributed by atoms with Crippen LogP contribution in [0.15, 0.2) is 41.5 Å². The van der Waals surface area contributed by atoms with Gasteiger partial charge in [0.05, 0.1) is 18.2 Å². The largest absolute Gasteiger partial charge is 0.496 e. The highest BCUT2D eigenvalue weighted by molar-refractivity contribution is 5.99. The molecule has 0 radical (unpaired) electrons. The van der Waals surface area contributed by atoms with Gasteiger partial charge < -0.3 is 14.6 Å². The quantitative estimate of drug-likeness (QED) is 0.714. The predicted octanol–water partition coefficient (Wildman–Crippen LogP) is 1.68. The molecule has 2 aliphatic rings. The van der Waals surface area contributed by atoms with Gasteiger partial charge in [-0.1, -0.05) is 18.2 Å². The number of pyridine rings is 1. The highest BCUT2D eigenvalue weighted by Crippen LogP contribution is 2.20. The van der Waals surface area contributed by atoms with Gasteiger partial charge in [0.25, 0.3) is 11.5 Å². The number of methoxy groups -OCH3 is 1. The highest BCUT2D eigenvalue weighted by Gasteiger charge is 2.20. The number of aromatic amines is 1. The van der Waals surface area contributed by atoms with Crippen molar-refractivity contribution in [2.24, 2.45) is 0 Å². The smallest absolute Gasteiger partial charge is 0.275 e. The van der Waals surface area contributed by atoms with E-state index in [2.05, 4.69) is 15.5 Å². The zero-order valence-corrected chi connectivity index (χ0v) is 14.2. The molecule has 7 nitrogen and oxygen atoms in total. The van der Waals surface area contributed by atoms with Gasteiger partial charge in [0.15, 0.2) is 0 Å². The van der Waals surface area contributed by atoms with Gasteiger partial charge in [-0.05, 0) is 25.0 Å². The Labute approximate surface area is 145 Å². The Hall–Kier alpha value is -3.09. The van der Waals surface area contributed by atoms with Crippen LogP contribution in [-0.4, -0.2) is 34.3 Å². The average Bonchev–Trinajstić information content (AvgIpc) is 3.02. The number of hydrogen-bond acceptors (Lipinski definition) is 4. The number of fused-ring (bicyclic) bond motifs is 1. The van der Waals surface area contributed by atoms with Gasteiger partial charge in [-0.25, -0.2) is 5.10 Å². The fraction of sp³-hybridized carbons (Fsp3) is 0.278. The SMILES string of the molecule is CCn1cc(C(=O)NCCc2ccccc2OC)c2n[nH]c(=O)c-2c1. The van der Waals surface area contributed by atoms with E-state index >= 15 is 0 Å². The summed E-state index contributed by atoms with van der Waals surface area (Å²) in [6.45, 7) is 3.05. The summed E-state index contributed by atoms with van der Waals surface area (Å²) in [6, 6.07) is 7.70. The first kappa shape index (κ1) is 16.8. The van der Waals surface area contributed by atoms with Gasteiger partial charge in [0, 0.05) is 25.5 Å². The third-order valence-corrected chi connectivity index (χ3v) is 4.10. The number of nitrogens with one attached hydrogen (secondary N) is 2. The maximum Gasteiger partial charge on any atom is 0.275 e. The van der Waals surface area contributed by atoms with Crippen LogP contribution in [0, 0.1) is 0 Å². The van der Waals surface area contributed by atoms with E-state index in [0.717, 1.165) is 11.3 Å². The van der Waals surface area contributed by atoms with Gasteiger partial charge in [-0.15, -0.1) is 0 Å². The predicted molar refractivity (Wildman–Crippen MR) is 94.2 cm³/mol. The van der Waals surface area contributed by atoms with Crippen LogP contribution in [0.25, 0.3) is 11.3 Å². The monoisotopic (exact) mass is 340 g/mol. The first-order chi connectivity index (χ1) is 12.1. The highest BCUT2D eigenvalue weighted by atomic mass is 16.5. The molecule has 7 heteroatoms. The van der Waals surface area contributed by atoms with Gasteiger partial charge in [0.1, 0.15) is 11.4 Å². The number of aryl methyl sites for hydroxylation is 1. The summed E-state index contributed by atoms with van der Waals surface area (Å²) in [7, 11) is 1.62. The van der Waals surface area contributed by atoms with Crippen molar-refractivity contribution in [3.05, 3.63) is 58.1 Å². The van der Waals surface area contributed by atoms with E-state index in [1.807, 2.05) is 31.2 Å². The van der Waals surface area contributed by atoms with Crippen molar-refractivity contribution >= 4 is 5.91 Å². The van der Waals surface area contributed by atoms with Crippen LogP contribution in [0.3, 0.4) is 0 Å². The standard InChI is InChI=1S/C18H20N4O3/c1-3-22-10-13(16-14(11-22)18(24)21-20-16)17(23)19-9-8-12-6-4-5-7-15(12)25-2/h4-7,10-11H,3,8-9H2,1-2H3,(H,19,23)(H,21,24). The van der Waals surface area contributed by atoms with Crippen LogP contribution >= 0.6 is 0 Å². The first-order valence-corrected chi connectivity index (χ1v) is 8.12. The molecule has 0 atom stereocenters. The molecule has 0 aliphatic carbocycles. The molecule has 0 fully saturated rings. The van der Waals surface area contributed by atoms with Crippen LogP contribution < -0.4 is 15.6 Å². The Kier molecular flexibility index (Phi) is 4.83. The normalized spacial score (nSPS) is 10.8. The average molecular weight is 340 g/mol. The third-order valence-electron chi connectivity index (χ3n) is 4.10. The van der Waals surface area contributed by atoms with E-state index < -0.39 is 0 Å². The number of aromatic nitrogens is 3. The molecule has 0 saturated carbocycles. The molecule has 3 rings (SSSR count). The van der Waals surface area contributed by atoms with Crippen LogP contribution in [0.2, 0.25) is 0 Å². The van der Waals surface area contributed by atoms with E-state index in [0.29, 0.717) is 36.3 Å². The van der Waals surface area contributed by atoms with Crippen LogP contribution in [0.1, 0.15) is 22.8 Å². The fourth-order valence-electron chi connectivity index (χ4n) is 2.75. The lowest BCUT2D eigenvalue weighted by Gasteiger charge is -2.12. The molecule has 0 spiro atoms. The van der Waals surface area contributed by atoms with Crippen molar-refractivity contribution in [1.82, 2.24) is 20.1 Å². The second-order valence-electron chi connectivity index (χ2n) is 5.64. The number of nitrogens with zero attached hydrogens (tertiary/aromatic N) is 2. The van der Waals surface area contributed by atoms with Crippen molar-refractivity contribution in [1.29, 1.82) is 0 Å². The summed E-state index contributed by atoms with van der Waals surface area (Å²) >= 11 is 0. The summed E-state index contributed by atoms with van der Waals surface area (Å²) in [4.78, 5) is 24.4. The molecular weight excluding hydrogens is 320 g/mol. The molecule has 25 heavy (non-hydrogen) atoms. The number of carbonyl (C=O) groups excluding carboxylic acids is 1. The summed E-state index contributed by atoms with van der Waals surface area (Å²) in [5.41, 5.74) is 1.93. The Morgan fingerprint density at radius 3 is 2.88 bits per heavy atom. The Morgan fingerprint density at radius 1 is 1.32 bits per heavy atom. The molecule has 1 aromatic rings. The van der Waals surface area contributed by atoms with Gasteiger partial charge in [-0.2, -0.15) is 5.10 Å². The number of rotatable bonds is 6. The first-order valence-electron chi connectivity index (χ1n) is 8.12. The molecule has 2 N–H and O–H groups in total. The maximum absolute atomic E-state index is 12.6. The van der Waals surface area contributed by atoms with Crippen molar-refractivity contribution in [2.45, 2.75) is 19.9 Å². The number of carbonyl (C=O) groups is 1.